The van der Waals surface area contributed by atoms with Crippen molar-refractivity contribution in [3.8, 4) is 5.69 Å². The lowest BCUT2D eigenvalue weighted by molar-refractivity contribution is -0.118. The van der Waals surface area contributed by atoms with E-state index >= 15 is 0 Å². The Morgan fingerprint density at radius 1 is 1.09 bits per heavy atom. The van der Waals surface area contributed by atoms with Gasteiger partial charge in [0, 0.05) is 32.5 Å². The van der Waals surface area contributed by atoms with E-state index in [-0.39, 0.29) is 11.6 Å². The molecule has 0 radical (unpaired) electrons. The molecule has 0 unspecified atom stereocenters. The summed E-state index contributed by atoms with van der Waals surface area (Å²) in [6, 6.07) is 11.7. The number of anilines is 1. The van der Waals surface area contributed by atoms with E-state index in [1.54, 1.807) is 6.07 Å². The molecule has 1 saturated carbocycles. The number of aromatic carboxylic acids is 1. The average Bonchev–Trinajstić information content (AvgIpc) is 3.18. The van der Waals surface area contributed by atoms with Crippen molar-refractivity contribution in [2.24, 2.45) is 0 Å². The zero-order valence-corrected chi connectivity index (χ0v) is 20.0. The molecule has 8 heteroatoms. The molecule has 180 valence electrons. The van der Waals surface area contributed by atoms with E-state index in [1.807, 2.05) is 41.9 Å². The van der Waals surface area contributed by atoms with Crippen LogP contribution in [0.5, 0.6) is 0 Å². The van der Waals surface area contributed by atoms with Crippen molar-refractivity contribution < 1.29 is 14.7 Å². The number of benzene rings is 1. The molecule has 3 aromatic rings. The van der Waals surface area contributed by atoms with E-state index in [1.165, 1.54) is 19.8 Å². The number of carboxylic acid groups (broad SMARTS) is 1. The first-order chi connectivity index (χ1) is 16.5. The fourth-order valence-corrected chi connectivity index (χ4v) is 4.58. The monoisotopic (exact) mass is 463 g/mol. The predicted molar refractivity (Wildman–Crippen MR) is 133 cm³/mol. The van der Waals surface area contributed by atoms with E-state index in [9.17, 15) is 14.7 Å². The van der Waals surface area contributed by atoms with E-state index in [0.29, 0.717) is 11.6 Å². The highest BCUT2D eigenvalue weighted by molar-refractivity contribution is 5.98. The quantitative estimate of drug-likeness (QED) is 0.577. The van der Waals surface area contributed by atoms with Crippen LogP contribution >= 0.6 is 0 Å². The number of fused-ring (bicyclic) bond motifs is 1. The maximum Gasteiger partial charge on any atom is 0.354 e. The second kappa shape index (κ2) is 10.7. The van der Waals surface area contributed by atoms with Crippen molar-refractivity contribution in [1.82, 2.24) is 20.1 Å². The van der Waals surface area contributed by atoms with E-state index in [2.05, 4.69) is 15.2 Å². The van der Waals surface area contributed by atoms with Gasteiger partial charge in [-0.25, -0.2) is 14.5 Å². The van der Waals surface area contributed by atoms with Gasteiger partial charge in [-0.15, -0.1) is 0 Å². The molecule has 1 saturated heterocycles. The molecule has 0 bridgehead atoms. The lowest BCUT2D eigenvalue weighted by atomic mass is 9.82. The van der Waals surface area contributed by atoms with Crippen LogP contribution in [0.3, 0.4) is 0 Å². The van der Waals surface area contributed by atoms with Gasteiger partial charge in [0.05, 0.1) is 22.5 Å². The van der Waals surface area contributed by atoms with Crippen LogP contribution in [0.25, 0.3) is 16.7 Å². The smallest absolute Gasteiger partial charge is 0.354 e. The summed E-state index contributed by atoms with van der Waals surface area (Å²) in [6.07, 6.45) is 7.01. The molecule has 1 aliphatic carbocycles. The highest BCUT2D eigenvalue weighted by Gasteiger charge is 2.30. The Hall–Kier alpha value is -3.42. The number of carbonyl (C=O) groups excluding carboxylic acids is 1. The minimum Gasteiger partial charge on any atom is -0.477 e. The number of carbonyl (C=O) groups is 2. The van der Waals surface area contributed by atoms with Gasteiger partial charge in [-0.05, 0) is 57.2 Å². The van der Waals surface area contributed by atoms with Crippen LogP contribution < -0.4 is 10.2 Å². The molecule has 1 aliphatic heterocycles. The third-order valence-electron chi connectivity index (χ3n) is 6.48. The molecule has 2 aliphatic rings. The number of hydrogen-bond acceptors (Lipinski definition) is 5. The summed E-state index contributed by atoms with van der Waals surface area (Å²) in [5.41, 5.74) is 3.73. The largest absolute Gasteiger partial charge is 0.477 e. The van der Waals surface area contributed by atoms with Crippen LogP contribution in [0.15, 0.2) is 36.4 Å². The van der Waals surface area contributed by atoms with Crippen molar-refractivity contribution in [3.63, 3.8) is 0 Å². The minimum atomic E-state index is -0.994. The molecule has 2 N–H and O–H groups in total. The summed E-state index contributed by atoms with van der Waals surface area (Å²) < 4.78 is 1.84. The highest BCUT2D eigenvalue weighted by atomic mass is 16.4. The van der Waals surface area contributed by atoms with E-state index < -0.39 is 5.97 Å². The number of nitrogens with one attached hydrogen (secondary N) is 1. The number of pyridine rings is 1. The average molecular weight is 464 g/mol. The molecule has 0 spiro atoms. The molecule has 2 aromatic heterocycles. The third kappa shape index (κ3) is 5.05. The molecule has 34 heavy (non-hydrogen) atoms. The number of para-hydroxylation sites is 1. The number of hydrogen-bond donors (Lipinski definition) is 2. The van der Waals surface area contributed by atoms with Crippen molar-refractivity contribution in [3.05, 3.63) is 47.8 Å². The summed E-state index contributed by atoms with van der Waals surface area (Å²) in [7, 11) is 0. The summed E-state index contributed by atoms with van der Waals surface area (Å²) in [5.74, 6) is -0.517. The lowest BCUT2D eigenvalue weighted by Gasteiger charge is -2.30. The van der Waals surface area contributed by atoms with Gasteiger partial charge in [0.2, 0.25) is 5.91 Å². The van der Waals surface area contributed by atoms with E-state index in [4.69, 9.17) is 5.10 Å². The first-order valence-corrected chi connectivity index (χ1v) is 12.2. The molecule has 0 atom stereocenters. The fourth-order valence-electron chi connectivity index (χ4n) is 4.58. The molecule has 3 heterocycles. The Morgan fingerprint density at radius 3 is 2.32 bits per heavy atom. The number of nitrogens with zero attached hydrogens (tertiary/aromatic N) is 4. The number of amides is 1. The van der Waals surface area contributed by atoms with Gasteiger partial charge < -0.3 is 15.3 Å². The molecule has 1 amide bonds. The van der Waals surface area contributed by atoms with Gasteiger partial charge in [0.25, 0.3) is 0 Å². The summed E-state index contributed by atoms with van der Waals surface area (Å²) >= 11 is 0. The zero-order valence-electron chi connectivity index (χ0n) is 20.0. The number of aromatic nitrogens is 3. The lowest BCUT2D eigenvalue weighted by Crippen LogP contribution is -2.30. The van der Waals surface area contributed by atoms with Crippen molar-refractivity contribution in [1.29, 1.82) is 0 Å². The maximum absolute atomic E-state index is 11.8. The van der Waals surface area contributed by atoms with Crippen LogP contribution in [0.2, 0.25) is 0 Å². The molecule has 8 nitrogen and oxygen atoms in total. The third-order valence-corrected chi connectivity index (χ3v) is 6.48. The SMILES string of the molecule is CCNC(C)=O.O=C(O)c1cc(N2CCCCC2)c2c(C3CCC3)nn(-c3ccccc3)c2n1. The van der Waals surface area contributed by atoms with Crippen LogP contribution in [-0.2, 0) is 4.79 Å². The Morgan fingerprint density at radius 2 is 1.79 bits per heavy atom. The molecule has 1 aromatic carbocycles. The fraction of sp³-hybridized carbons (Fsp3) is 0.462. The van der Waals surface area contributed by atoms with E-state index in [0.717, 1.165) is 67.8 Å². The molecule has 2 fully saturated rings. The Labute approximate surface area is 200 Å². The summed E-state index contributed by atoms with van der Waals surface area (Å²) in [5, 5.41) is 18.3. The second-order valence-corrected chi connectivity index (χ2v) is 8.93. The standard InChI is InChI=1S/C22H24N4O2.C4H9NO/c27-22(28)17-14-18(25-12-5-2-6-13-25)19-20(15-8-7-9-15)24-26(21(19)23-17)16-10-3-1-4-11-16;1-3-5-4(2)6/h1,3-4,10-11,14-15H,2,5-9,12-13H2,(H,27,28);3H2,1-2H3,(H,5,6). The zero-order chi connectivity index (χ0) is 24.1. The Bertz CT molecular complexity index is 1150. The van der Waals surface area contributed by atoms with Crippen LogP contribution in [-0.4, -0.2) is 51.4 Å². The van der Waals surface area contributed by atoms with Crippen LogP contribution in [0, 0.1) is 0 Å². The van der Waals surface area contributed by atoms with Crippen molar-refractivity contribution in [2.75, 3.05) is 24.5 Å². The van der Waals surface area contributed by atoms with Crippen LogP contribution in [0.1, 0.15) is 74.5 Å². The van der Waals surface area contributed by atoms with Crippen molar-refractivity contribution in [2.45, 2.75) is 58.3 Å². The highest BCUT2D eigenvalue weighted by Crippen LogP contribution is 2.43. The number of piperidine rings is 1. The number of carboxylic acids is 1. The van der Waals surface area contributed by atoms with Crippen LogP contribution in [0.4, 0.5) is 5.69 Å². The van der Waals surface area contributed by atoms with Gasteiger partial charge >= 0.3 is 5.97 Å². The maximum atomic E-state index is 11.8. The summed E-state index contributed by atoms with van der Waals surface area (Å²) in [4.78, 5) is 28.6. The molecular weight excluding hydrogens is 430 g/mol. The Balaban J connectivity index is 0.000000408. The van der Waals surface area contributed by atoms with Gasteiger partial charge in [-0.2, -0.15) is 5.10 Å². The number of rotatable bonds is 5. The van der Waals surface area contributed by atoms with Crippen molar-refractivity contribution >= 4 is 28.6 Å². The topological polar surface area (TPSA) is 100 Å². The first-order valence-electron chi connectivity index (χ1n) is 12.2. The normalized spacial score (nSPS) is 15.9. The second-order valence-electron chi connectivity index (χ2n) is 8.93. The van der Waals surface area contributed by atoms with Gasteiger partial charge in [-0.1, -0.05) is 24.6 Å². The van der Waals surface area contributed by atoms with Gasteiger partial charge in [0.1, 0.15) is 0 Å². The summed E-state index contributed by atoms with van der Waals surface area (Å²) in [6.45, 7) is 6.04. The molecular formula is C26H33N5O3. The molecule has 5 rings (SSSR count). The predicted octanol–water partition coefficient (Wildman–Crippen LogP) is 4.52. The first kappa shape index (κ1) is 23.7. The Kier molecular flexibility index (Phi) is 7.45. The minimum absolute atomic E-state index is 0.0394. The van der Waals surface area contributed by atoms with Gasteiger partial charge in [-0.3, -0.25) is 4.79 Å². The van der Waals surface area contributed by atoms with Gasteiger partial charge in [0.15, 0.2) is 11.3 Å².